The molecule has 0 N–H and O–H groups in total. The Balaban J connectivity index is 2.19. The van der Waals surface area contributed by atoms with Gasteiger partial charge in [-0.05, 0) is 12.1 Å². The van der Waals surface area contributed by atoms with Gasteiger partial charge < -0.3 is 9.64 Å². The third kappa shape index (κ3) is 2.18. The third-order valence-corrected chi connectivity index (χ3v) is 2.85. The molecule has 0 atom stereocenters. The lowest BCUT2D eigenvalue weighted by Crippen LogP contribution is -2.39. The zero-order valence-corrected chi connectivity index (χ0v) is 9.83. The molecule has 0 aliphatic carbocycles. The van der Waals surface area contributed by atoms with Crippen LogP contribution in [0.25, 0.3) is 0 Å². The molecule has 0 unspecified atom stereocenters. The van der Waals surface area contributed by atoms with Gasteiger partial charge in [0.2, 0.25) is 0 Å². The highest BCUT2D eigenvalue weighted by molar-refractivity contribution is 6.29. The Kier molecular flexibility index (Phi) is 3.41. The minimum atomic E-state index is 0.0162. The predicted octanol–water partition coefficient (Wildman–Crippen LogP) is 1.38. The van der Waals surface area contributed by atoms with Gasteiger partial charge in [0.05, 0.1) is 17.9 Å². The summed E-state index contributed by atoms with van der Waals surface area (Å²) >= 11 is 5.79. The van der Waals surface area contributed by atoms with Gasteiger partial charge in [-0.15, -0.1) is 0 Å². The van der Waals surface area contributed by atoms with E-state index < -0.39 is 0 Å². The number of methoxy groups -OCH3 is 1. The summed E-state index contributed by atoms with van der Waals surface area (Å²) in [5, 5.41) is 0.442. The first-order valence-electron chi connectivity index (χ1n) is 5.16. The Bertz CT molecular complexity index is 409. The number of hydrogen-bond acceptors (Lipinski definition) is 3. The fourth-order valence-corrected chi connectivity index (χ4v) is 1.95. The summed E-state index contributed by atoms with van der Waals surface area (Å²) in [7, 11) is 1.63. The van der Waals surface area contributed by atoms with Gasteiger partial charge in [0.1, 0.15) is 5.15 Å². The molecular formula is C11H13ClN2O2. The predicted molar refractivity (Wildman–Crippen MR) is 60.7 cm³/mol. The highest BCUT2D eigenvalue weighted by atomic mass is 35.5. The highest BCUT2D eigenvalue weighted by Gasteiger charge is 2.24. The lowest BCUT2D eigenvalue weighted by molar-refractivity contribution is 0.0677. The van der Waals surface area contributed by atoms with E-state index in [0.717, 1.165) is 12.1 Å². The fraction of sp³-hybridized carbons (Fsp3) is 0.455. The zero-order valence-electron chi connectivity index (χ0n) is 9.07. The topological polar surface area (TPSA) is 42.4 Å². The van der Waals surface area contributed by atoms with Crippen LogP contribution in [0.2, 0.25) is 5.15 Å². The van der Waals surface area contributed by atoms with Crippen LogP contribution in [-0.4, -0.2) is 42.6 Å². The molecule has 0 fully saturated rings. The third-order valence-electron chi connectivity index (χ3n) is 2.64. The molecule has 1 aromatic rings. The number of carbonyl (C=O) groups excluding carboxylic acids is 1. The van der Waals surface area contributed by atoms with E-state index in [1.807, 2.05) is 0 Å². The molecule has 5 heteroatoms. The van der Waals surface area contributed by atoms with Crippen molar-refractivity contribution in [2.45, 2.75) is 6.42 Å². The van der Waals surface area contributed by atoms with E-state index >= 15 is 0 Å². The molecule has 1 aromatic heterocycles. The maximum Gasteiger partial charge on any atom is 0.255 e. The molecule has 1 aliphatic heterocycles. The fourth-order valence-electron chi connectivity index (χ4n) is 1.79. The zero-order chi connectivity index (χ0) is 11.5. The number of carbonyl (C=O) groups is 1. The first kappa shape index (κ1) is 11.4. The van der Waals surface area contributed by atoms with Crippen molar-refractivity contribution >= 4 is 17.5 Å². The Hall–Kier alpha value is -1.13. The number of aromatic nitrogens is 1. The maximum atomic E-state index is 12.0. The molecule has 0 saturated heterocycles. The first-order valence-corrected chi connectivity index (χ1v) is 5.54. The van der Waals surface area contributed by atoms with Crippen LogP contribution in [0.5, 0.6) is 0 Å². The summed E-state index contributed by atoms with van der Waals surface area (Å²) in [4.78, 5) is 18.0. The number of rotatable bonds is 3. The summed E-state index contributed by atoms with van der Waals surface area (Å²) in [6.45, 7) is 1.86. The van der Waals surface area contributed by atoms with Gasteiger partial charge in [0.15, 0.2) is 0 Å². The number of fused-ring (bicyclic) bond motifs is 1. The van der Waals surface area contributed by atoms with Crippen LogP contribution in [0.3, 0.4) is 0 Å². The maximum absolute atomic E-state index is 12.0. The lowest BCUT2D eigenvalue weighted by Gasteiger charge is -2.27. The van der Waals surface area contributed by atoms with E-state index in [1.165, 1.54) is 0 Å². The normalized spacial score (nSPS) is 15.1. The summed E-state index contributed by atoms with van der Waals surface area (Å²) in [6.07, 6.45) is 0.755. The van der Waals surface area contributed by atoms with E-state index in [9.17, 15) is 4.79 Å². The SMILES string of the molecule is COCCN1CCc2nc(Cl)ccc2C1=O. The number of hydrogen-bond donors (Lipinski definition) is 0. The van der Waals surface area contributed by atoms with Crippen LogP contribution in [0.4, 0.5) is 0 Å². The Morgan fingerprint density at radius 2 is 2.38 bits per heavy atom. The van der Waals surface area contributed by atoms with Crippen molar-refractivity contribution in [3.63, 3.8) is 0 Å². The molecule has 0 spiro atoms. The van der Waals surface area contributed by atoms with Crippen LogP contribution in [0, 0.1) is 0 Å². The van der Waals surface area contributed by atoms with Gasteiger partial charge in [-0.2, -0.15) is 0 Å². The van der Waals surface area contributed by atoms with Gasteiger partial charge in [0.25, 0.3) is 5.91 Å². The number of halogens is 1. The Labute approximate surface area is 99.2 Å². The van der Waals surface area contributed by atoms with Crippen LogP contribution in [0.15, 0.2) is 12.1 Å². The van der Waals surface area contributed by atoms with Crippen molar-refractivity contribution < 1.29 is 9.53 Å². The van der Waals surface area contributed by atoms with Gasteiger partial charge in [-0.3, -0.25) is 4.79 Å². The summed E-state index contributed by atoms with van der Waals surface area (Å²) in [5.74, 6) is 0.0162. The van der Waals surface area contributed by atoms with E-state index in [4.69, 9.17) is 16.3 Å². The van der Waals surface area contributed by atoms with Crippen molar-refractivity contribution in [3.8, 4) is 0 Å². The molecule has 1 aliphatic rings. The van der Waals surface area contributed by atoms with E-state index in [-0.39, 0.29) is 5.91 Å². The van der Waals surface area contributed by atoms with E-state index in [2.05, 4.69) is 4.98 Å². The first-order chi connectivity index (χ1) is 7.72. The lowest BCUT2D eigenvalue weighted by atomic mass is 10.1. The second-order valence-electron chi connectivity index (χ2n) is 3.66. The quantitative estimate of drug-likeness (QED) is 0.750. The van der Waals surface area contributed by atoms with Crippen molar-refractivity contribution in [1.29, 1.82) is 0 Å². The van der Waals surface area contributed by atoms with E-state index in [0.29, 0.717) is 30.4 Å². The van der Waals surface area contributed by atoms with Crippen molar-refractivity contribution in [3.05, 3.63) is 28.5 Å². The standard InChI is InChI=1S/C11H13ClN2O2/c1-16-7-6-14-5-4-9-8(11(14)15)2-3-10(12)13-9/h2-3H,4-7H2,1H3. The number of ether oxygens (including phenoxy) is 1. The second-order valence-corrected chi connectivity index (χ2v) is 4.05. The van der Waals surface area contributed by atoms with Gasteiger partial charge in [-0.25, -0.2) is 4.98 Å². The second kappa shape index (κ2) is 4.80. The largest absolute Gasteiger partial charge is 0.383 e. The molecule has 1 amide bonds. The van der Waals surface area contributed by atoms with Gasteiger partial charge in [0, 0.05) is 26.6 Å². The van der Waals surface area contributed by atoms with Crippen molar-refractivity contribution in [2.24, 2.45) is 0 Å². The summed E-state index contributed by atoms with van der Waals surface area (Å²) in [6, 6.07) is 3.39. The van der Waals surface area contributed by atoms with Crippen molar-refractivity contribution in [2.75, 3.05) is 26.8 Å². The van der Waals surface area contributed by atoms with Gasteiger partial charge >= 0.3 is 0 Å². The molecule has 16 heavy (non-hydrogen) atoms. The molecule has 0 bridgehead atoms. The molecular weight excluding hydrogens is 228 g/mol. The number of nitrogens with zero attached hydrogens (tertiary/aromatic N) is 2. The minimum absolute atomic E-state index is 0.0162. The molecule has 2 rings (SSSR count). The van der Waals surface area contributed by atoms with Gasteiger partial charge in [-0.1, -0.05) is 11.6 Å². The molecule has 0 saturated carbocycles. The molecule has 86 valence electrons. The number of amides is 1. The average molecular weight is 241 g/mol. The van der Waals surface area contributed by atoms with Crippen LogP contribution < -0.4 is 0 Å². The summed E-state index contributed by atoms with van der Waals surface area (Å²) in [5.41, 5.74) is 1.46. The monoisotopic (exact) mass is 240 g/mol. The minimum Gasteiger partial charge on any atom is -0.383 e. The molecule has 0 aromatic carbocycles. The highest BCUT2D eigenvalue weighted by Crippen LogP contribution is 2.19. The van der Waals surface area contributed by atoms with Crippen LogP contribution in [-0.2, 0) is 11.2 Å². The molecule has 4 nitrogen and oxygen atoms in total. The molecule has 0 radical (unpaired) electrons. The molecule has 2 heterocycles. The van der Waals surface area contributed by atoms with Crippen molar-refractivity contribution in [1.82, 2.24) is 9.88 Å². The average Bonchev–Trinajstić information content (AvgIpc) is 2.28. The number of pyridine rings is 1. The van der Waals surface area contributed by atoms with E-state index in [1.54, 1.807) is 24.1 Å². The summed E-state index contributed by atoms with van der Waals surface area (Å²) < 4.78 is 4.97. The smallest absolute Gasteiger partial charge is 0.255 e. The van der Waals surface area contributed by atoms with Crippen LogP contribution in [0.1, 0.15) is 16.1 Å². The van der Waals surface area contributed by atoms with Crippen LogP contribution >= 0.6 is 11.6 Å². The Morgan fingerprint density at radius 1 is 1.56 bits per heavy atom. The Morgan fingerprint density at radius 3 is 3.12 bits per heavy atom.